The molecule has 0 bridgehead atoms. The Morgan fingerprint density at radius 1 is 1.50 bits per heavy atom. The predicted molar refractivity (Wildman–Crippen MR) is 57.1 cm³/mol. The highest BCUT2D eigenvalue weighted by atomic mass is 16.5. The molecule has 1 saturated heterocycles. The van der Waals surface area contributed by atoms with Crippen LogP contribution in [0, 0.1) is 5.92 Å². The van der Waals surface area contributed by atoms with Crippen LogP contribution in [-0.2, 0) is 11.2 Å². The lowest BCUT2D eigenvalue weighted by Crippen LogP contribution is -2.42. The Kier molecular flexibility index (Phi) is 2.65. The fraction of sp³-hybridized carbons (Fsp3) is 0.818. The molecule has 5 heteroatoms. The van der Waals surface area contributed by atoms with Crippen molar-refractivity contribution in [1.29, 1.82) is 0 Å². The zero-order chi connectivity index (χ0) is 11.0. The van der Waals surface area contributed by atoms with Crippen molar-refractivity contribution in [2.45, 2.75) is 31.7 Å². The summed E-state index contributed by atoms with van der Waals surface area (Å²) >= 11 is 0. The van der Waals surface area contributed by atoms with E-state index in [2.05, 4.69) is 22.4 Å². The van der Waals surface area contributed by atoms with Gasteiger partial charge >= 0.3 is 0 Å². The molecule has 2 aliphatic rings. The third kappa shape index (κ3) is 2.10. The summed E-state index contributed by atoms with van der Waals surface area (Å²) in [5, 5.41) is 7.42. The van der Waals surface area contributed by atoms with Gasteiger partial charge in [-0.05, 0) is 12.3 Å². The van der Waals surface area contributed by atoms with Gasteiger partial charge in [-0.25, -0.2) is 0 Å². The Morgan fingerprint density at radius 3 is 3.06 bits per heavy atom. The molecule has 3 rings (SSSR count). The molecule has 5 nitrogen and oxygen atoms in total. The van der Waals surface area contributed by atoms with Crippen molar-refractivity contribution in [2.24, 2.45) is 5.92 Å². The van der Waals surface area contributed by atoms with Crippen LogP contribution in [0.5, 0.6) is 0 Å². The summed E-state index contributed by atoms with van der Waals surface area (Å²) in [5.41, 5.74) is 0. The van der Waals surface area contributed by atoms with Crippen LogP contribution in [0.25, 0.3) is 0 Å². The number of hydrogen-bond acceptors (Lipinski definition) is 5. The van der Waals surface area contributed by atoms with Crippen LogP contribution in [0.2, 0.25) is 0 Å². The SMILES string of the molecule is CC1CC1c1noc(CC2COCCN2)n1. The molecule has 0 radical (unpaired) electrons. The first-order valence-electron chi connectivity index (χ1n) is 5.96. The van der Waals surface area contributed by atoms with Crippen molar-refractivity contribution in [3.63, 3.8) is 0 Å². The lowest BCUT2D eigenvalue weighted by molar-refractivity contribution is 0.0744. The van der Waals surface area contributed by atoms with E-state index >= 15 is 0 Å². The lowest BCUT2D eigenvalue weighted by atomic mass is 10.2. The van der Waals surface area contributed by atoms with Crippen LogP contribution in [-0.4, -0.2) is 35.9 Å². The van der Waals surface area contributed by atoms with E-state index in [1.165, 1.54) is 6.42 Å². The van der Waals surface area contributed by atoms with Crippen molar-refractivity contribution in [3.05, 3.63) is 11.7 Å². The minimum atomic E-state index is 0.318. The Balaban J connectivity index is 1.59. The van der Waals surface area contributed by atoms with E-state index in [-0.39, 0.29) is 0 Å². The molecular formula is C11H17N3O2. The quantitative estimate of drug-likeness (QED) is 0.818. The molecule has 1 aromatic rings. The number of ether oxygens (including phenoxy) is 1. The molecule has 0 spiro atoms. The maximum Gasteiger partial charge on any atom is 0.228 e. The topological polar surface area (TPSA) is 60.2 Å². The molecule has 1 aliphatic heterocycles. The summed E-state index contributed by atoms with van der Waals surface area (Å²) in [4.78, 5) is 4.44. The molecule has 3 atom stereocenters. The Hall–Kier alpha value is -0.940. The highest BCUT2D eigenvalue weighted by molar-refractivity contribution is 5.07. The average molecular weight is 223 g/mol. The first-order chi connectivity index (χ1) is 7.83. The maximum absolute atomic E-state index is 5.39. The first-order valence-corrected chi connectivity index (χ1v) is 5.96. The van der Waals surface area contributed by atoms with Crippen LogP contribution in [0.3, 0.4) is 0 Å². The number of nitrogens with zero attached hydrogens (tertiary/aromatic N) is 2. The molecule has 0 aromatic carbocycles. The molecular weight excluding hydrogens is 206 g/mol. The molecule has 16 heavy (non-hydrogen) atoms. The fourth-order valence-corrected chi connectivity index (χ4v) is 2.15. The highest BCUT2D eigenvalue weighted by Crippen LogP contribution is 2.45. The summed E-state index contributed by atoms with van der Waals surface area (Å²) in [6, 6.07) is 0.318. The van der Waals surface area contributed by atoms with Crippen molar-refractivity contribution in [2.75, 3.05) is 19.8 Å². The minimum Gasteiger partial charge on any atom is -0.378 e. The normalized spacial score (nSPS) is 33.9. The molecule has 1 aliphatic carbocycles. The van der Waals surface area contributed by atoms with Crippen LogP contribution in [0.15, 0.2) is 4.52 Å². The van der Waals surface area contributed by atoms with E-state index in [0.717, 1.165) is 43.8 Å². The van der Waals surface area contributed by atoms with Crippen molar-refractivity contribution < 1.29 is 9.26 Å². The number of hydrogen-bond donors (Lipinski definition) is 1. The van der Waals surface area contributed by atoms with E-state index in [0.29, 0.717) is 12.0 Å². The molecule has 2 fully saturated rings. The summed E-state index contributed by atoms with van der Waals surface area (Å²) in [7, 11) is 0. The van der Waals surface area contributed by atoms with Gasteiger partial charge in [0.2, 0.25) is 5.89 Å². The van der Waals surface area contributed by atoms with Gasteiger partial charge in [0.25, 0.3) is 0 Å². The Labute approximate surface area is 94.6 Å². The molecule has 0 amide bonds. The van der Waals surface area contributed by atoms with Gasteiger partial charge in [0, 0.05) is 24.9 Å². The summed E-state index contributed by atoms with van der Waals surface area (Å²) < 4.78 is 10.6. The van der Waals surface area contributed by atoms with Gasteiger partial charge in [-0.15, -0.1) is 0 Å². The smallest absolute Gasteiger partial charge is 0.228 e. The Morgan fingerprint density at radius 2 is 2.38 bits per heavy atom. The number of aromatic nitrogens is 2. The molecule has 3 unspecified atom stereocenters. The van der Waals surface area contributed by atoms with Crippen molar-refractivity contribution in [1.82, 2.24) is 15.5 Å². The van der Waals surface area contributed by atoms with Gasteiger partial charge in [0.05, 0.1) is 13.2 Å². The molecule has 1 N–H and O–H groups in total. The van der Waals surface area contributed by atoms with E-state index < -0.39 is 0 Å². The van der Waals surface area contributed by atoms with Crippen LogP contribution in [0.4, 0.5) is 0 Å². The van der Waals surface area contributed by atoms with Crippen molar-refractivity contribution in [3.8, 4) is 0 Å². The zero-order valence-corrected chi connectivity index (χ0v) is 9.48. The van der Waals surface area contributed by atoms with Crippen LogP contribution < -0.4 is 5.32 Å². The highest BCUT2D eigenvalue weighted by Gasteiger charge is 2.38. The molecule has 1 saturated carbocycles. The van der Waals surface area contributed by atoms with Gasteiger partial charge in [0.1, 0.15) is 0 Å². The van der Waals surface area contributed by atoms with Crippen LogP contribution >= 0.6 is 0 Å². The Bertz CT molecular complexity index is 360. The van der Waals surface area contributed by atoms with E-state index in [4.69, 9.17) is 9.26 Å². The maximum atomic E-state index is 5.39. The third-order valence-corrected chi connectivity index (χ3v) is 3.34. The zero-order valence-electron chi connectivity index (χ0n) is 9.48. The van der Waals surface area contributed by atoms with E-state index in [1.54, 1.807) is 0 Å². The van der Waals surface area contributed by atoms with E-state index in [9.17, 15) is 0 Å². The summed E-state index contributed by atoms with van der Waals surface area (Å²) in [6.07, 6.45) is 1.97. The predicted octanol–water partition coefficient (Wildman–Crippen LogP) is 0.724. The van der Waals surface area contributed by atoms with Gasteiger partial charge < -0.3 is 14.6 Å². The minimum absolute atomic E-state index is 0.318. The second kappa shape index (κ2) is 4.14. The number of morpholine rings is 1. The van der Waals surface area contributed by atoms with Gasteiger partial charge in [0.15, 0.2) is 5.82 Å². The average Bonchev–Trinajstić information content (AvgIpc) is 2.86. The number of rotatable bonds is 3. The monoisotopic (exact) mass is 223 g/mol. The lowest BCUT2D eigenvalue weighted by Gasteiger charge is -2.22. The fourth-order valence-electron chi connectivity index (χ4n) is 2.15. The van der Waals surface area contributed by atoms with Gasteiger partial charge in [-0.1, -0.05) is 12.1 Å². The van der Waals surface area contributed by atoms with Gasteiger partial charge in [-0.3, -0.25) is 0 Å². The second-order valence-electron chi connectivity index (χ2n) is 4.80. The third-order valence-electron chi connectivity index (χ3n) is 3.34. The molecule has 88 valence electrons. The van der Waals surface area contributed by atoms with E-state index in [1.807, 2.05) is 0 Å². The van der Waals surface area contributed by atoms with Gasteiger partial charge in [-0.2, -0.15) is 4.98 Å². The summed E-state index contributed by atoms with van der Waals surface area (Å²) in [6.45, 7) is 4.66. The molecule has 2 heterocycles. The first kappa shape index (κ1) is 10.2. The summed E-state index contributed by atoms with van der Waals surface area (Å²) in [5.74, 6) is 2.88. The molecule has 1 aromatic heterocycles. The number of nitrogens with one attached hydrogen (secondary N) is 1. The van der Waals surface area contributed by atoms with Crippen molar-refractivity contribution >= 4 is 0 Å². The standard InChI is InChI=1S/C11H17N3O2/c1-7-4-9(7)11-13-10(16-14-11)5-8-6-15-3-2-12-8/h7-9,12H,2-6H2,1H3. The second-order valence-corrected chi connectivity index (χ2v) is 4.80. The van der Waals surface area contributed by atoms with Crippen LogP contribution in [0.1, 0.15) is 31.0 Å². The largest absolute Gasteiger partial charge is 0.378 e.